The predicted molar refractivity (Wildman–Crippen MR) is 75.8 cm³/mol. The van der Waals surface area contributed by atoms with E-state index >= 15 is 0 Å². The molecule has 1 aromatic carbocycles. The number of anilines is 1. The zero-order chi connectivity index (χ0) is 17.0. The van der Waals surface area contributed by atoms with E-state index in [0.29, 0.717) is 18.8 Å². The molecule has 1 aromatic rings. The summed E-state index contributed by atoms with van der Waals surface area (Å²) in [7, 11) is 0. The van der Waals surface area contributed by atoms with Crippen LogP contribution in [0.4, 0.5) is 18.9 Å². The van der Waals surface area contributed by atoms with Crippen LogP contribution in [-0.2, 0) is 9.59 Å². The molecule has 2 amide bonds. The zero-order valence-corrected chi connectivity index (χ0v) is 12.3. The van der Waals surface area contributed by atoms with Gasteiger partial charge in [-0.1, -0.05) is 0 Å². The normalized spacial score (nSPS) is 17.3. The number of piperazine rings is 1. The second-order valence-electron chi connectivity index (χ2n) is 5.06. The van der Waals surface area contributed by atoms with Crippen LogP contribution >= 0.6 is 0 Å². The van der Waals surface area contributed by atoms with Gasteiger partial charge in [-0.2, -0.15) is 0 Å². The summed E-state index contributed by atoms with van der Waals surface area (Å²) in [5.41, 5.74) is 0.345. The van der Waals surface area contributed by atoms with Gasteiger partial charge >= 0.3 is 6.36 Å². The molecule has 0 radical (unpaired) electrons. The van der Waals surface area contributed by atoms with Gasteiger partial charge in [0.1, 0.15) is 5.75 Å². The standard InChI is InChI=1S/C14H16F3N3O3/c1-9(20-7-6-18-12(21)8-20)13(22)19-10-2-4-11(5-3-10)23-14(15,16)17/h2-5,9H,6-8H2,1H3,(H,18,21)(H,19,22). The summed E-state index contributed by atoms with van der Waals surface area (Å²) in [5.74, 6) is -0.856. The van der Waals surface area contributed by atoms with E-state index in [4.69, 9.17) is 0 Å². The van der Waals surface area contributed by atoms with E-state index in [9.17, 15) is 22.8 Å². The van der Waals surface area contributed by atoms with Crippen LogP contribution in [0.25, 0.3) is 0 Å². The van der Waals surface area contributed by atoms with Crippen LogP contribution in [0.15, 0.2) is 24.3 Å². The molecule has 2 rings (SSSR count). The summed E-state index contributed by atoms with van der Waals surface area (Å²) in [6.07, 6.45) is -4.76. The molecule has 1 fully saturated rings. The molecule has 23 heavy (non-hydrogen) atoms. The van der Waals surface area contributed by atoms with Crippen molar-refractivity contribution in [2.45, 2.75) is 19.3 Å². The predicted octanol–water partition coefficient (Wildman–Crippen LogP) is 1.34. The van der Waals surface area contributed by atoms with Gasteiger partial charge in [0, 0.05) is 18.8 Å². The number of nitrogens with zero attached hydrogens (tertiary/aromatic N) is 1. The Morgan fingerprint density at radius 1 is 1.35 bits per heavy atom. The number of hydrogen-bond acceptors (Lipinski definition) is 4. The Kier molecular flexibility index (Phi) is 5.09. The third-order valence-corrected chi connectivity index (χ3v) is 3.35. The quantitative estimate of drug-likeness (QED) is 0.874. The second kappa shape index (κ2) is 6.86. The number of carbonyl (C=O) groups is 2. The molecular formula is C14H16F3N3O3. The van der Waals surface area contributed by atoms with Crippen LogP contribution in [0.3, 0.4) is 0 Å². The van der Waals surface area contributed by atoms with Crippen LogP contribution in [-0.4, -0.2) is 48.8 Å². The number of carbonyl (C=O) groups excluding carboxylic acids is 2. The van der Waals surface area contributed by atoms with Gasteiger partial charge in [0.2, 0.25) is 11.8 Å². The average Bonchev–Trinajstić information content (AvgIpc) is 2.47. The van der Waals surface area contributed by atoms with Crippen LogP contribution in [0.2, 0.25) is 0 Å². The van der Waals surface area contributed by atoms with Crippen molar-refractivity contribution in [3.63, 3.8) is 0 Å². The van der Waals surface area contributed by atoms with E-state index in [0.717, 1.165) is 12.1 Å². The first kappa shape index (κ1) is 17.1. The van der Waals surface area contributed by atoms with Crippen molar-refractivity contribution >= 4 is 17.5 Å². The summed E-state index contributed by atoms with van der Waals surface area (Å²) in [6, 6.07) is 4.32. The Hall–Kier alpha value is -2.29. The van der Waals surface area contributed by atoms with Gasteiger partial charge in [0.15, 0.2) is 0 Å². The Labute approximate surface area is 130 Å². The maximum absolute atomic E-state index is 12.1. The summed E-state index contributed by atoms with van der Waals surface area (Å²) in [4.78, 5) is 25.2. The van der Waals surface area contributed by atoms with Crippen LogP contribution in [0.5, 0.6) is 5.75 Å². The van der Waals surface area contributed by atoms with Crippen molar-refractivity contribution in [3.05, 3.63) is 24.3 Å². The van der Waals surface area contributed by atoms with Gasteiger partial charge in [-0.25, -0.2) is 0 Å². The summed E-state index contributed by atoms with van der Waals surface area (Å²) < 4.78 is 39.9. The average molecular weight is 331 g/mol. The van der Waals surface area contributed by atoms with Crippen LogP contribution < -0.4 is 15.4 Å². The van der Waals surface area contributed by atoms with Crippen molar-refractivity contribution in [1.82, 2.24) is 10.2 Å². The Bertz CT molecular complexity index is 575. The molecule has 1 saturated heterocycles. The topological polar surface area (TPSA) is 70.7 Å². The molecule has 1 atom stereocenters. The van der Waals surface area contributed by atoms with Crippen molar-refractivity contribution in [3.8, 4) is 5.75 Å². The fourth-order valence-electron chi connectivity index (χ4n) is 2.14. The lowest BCUT2D eigenvalue weighted by atomic mass is 10.2. The molecule has 0 aromatic heterocycles. The molecule has 1 aliphatic rings. The lowest BCUT2D eigenvalue weighted by molar-refractivity contribution is -0.274. The first-order valence-electron chi connectivity index (χ1n) is 6.92. The minimum atomic E-state index is -4.76. The van der Waals surface area contributed by atoms with E-state index < -0.39 is 12.4 Å². The molecule has 0 saturated carbocycles. The molecule has 9 heteroatoms. The number of hydrogen-bond donors (Lipinski definition) is 2. The minimum Gasteiger partial charge on any atom is -0.406 e. The zero-order valence-electron chi connectivity index (χ0n) is 12.3. The summed E-state index contributed by atoms with van der Waals surface area (Å²) in [5, 5.41) is 5.26. The first-order valence-corrected chi connectivity index (χ1v) is 6.92. The van der Waals surface area contributed by atoms with Gasteiger partial charge in [-0.15, -0.1) is 13.2 Å². The number of amides is 2. The van der Waals surface area contributed by atoms with Gasteiger partial charge < -0.3 is 15.4 Å². The highest BCUT2D eigenvalue weighted by Gasteiger charge is 2.31. The SMILES string of the molecule is CC(C(=O)Nc1ccc(OC(F)(F)F)cc1)N1CCNC(=O)C1. The molecule has 0 bridgehead atoms. The Morgan fingerprint density at radius 2 is 2.00 bits per heavy atom. The molecule has 0 aliphatic carbocycles. The second-order valence-corrected chi connectivity index (χ2v) is 5.06. The van der Waals surface area contributed by atoms with E-state index in [2.05, 4.69) is 15.4 Å². The van der Waals surface area contributed by atoms with Crippen molar-refractivity contribution < 1.29 is 27.5 Å². The van der Waals surface area contributed by atoms with Crippen LogP contribution in [0, 0.1) is 0 Å². The molecule has 1 unspecified atom stereocenters. The number of halogens is 3. The largest absolute Gasteiger partial charge is 0.573 e. The van der Waals surface area contributed by atoms with E-state index in [1.54, 1.807) is 11.8 Å². The lowest BCUT2D eigenvalue weighted by Crippen LogP contribution is -2.53. The van der Waals surface area contributed by atoms with E-state index in [1.807, 2.05) is 0 Å². The number of benzene rings is 1. The van der Waals surface area contributed by atoms with Gasteiger partial charge in [-0.3, -0.25) is 14.5 Å². The summed E-state index contributed by atoms with van der Waals surface area (Å²) in [6.45, 7) is 2.82. The third-order valence-electron chi connectivity index (χ3n) is 3.35. The molecule has 126 valence electrons. The van der Waals surface area contributed by atoms with E-state index in [-0.39, 0.29) is 24.1 Å². The Balaban J connectivity index is 1.93. The molecule has 1 heterocycles. The van der Waals surface area contributed by atoms with Crippen molar-refractivity contribution in [2.24, 2.45) is 0 Å². The number of nitrogens with one attached hydrogen (secondary N) is 2. The monoisotopic (exact) mass is 331 g/mol. The molecule has 1 aliphatic heterocycles. The highest BCUT2D eigenvalue weighted by molar-refractivity contribution is 5.95. The maximum Gasteiger partial charge on any atom is 0.573 e. The molecule has 6 nitrogen and oxygen atoms in total. The Morgan fingerprint density at radius 3 is 2.57 bits per heavy atom. The van der Waals surface area contributed by atoms with Crippen molar-refractivity contribution in [1.29, 1.82) is 0 Å². The minimum absolute atomic E-state index is 0.132. The fourth-order valence-corrected chi connectivity index (χ4v) is 2.14. The van der Waals surface area contributed by atoms with Gasteiger partial charge in [-0.05, 0) is 31.2 Å². The van der Waals surface area contributed by atoms with E-state index in [1.165, 1.54) is 12.1 Å². The first-order chi connectivity index (χ1) is 10.7. The fraction of sp³-hybridized carbons (Fsp3) is 0.429. The van der Waals surface area contributed by atoms with Crippen LogP contribution in [0.1, 0.15) is 6.92 Å². The number of rotatable bonds is 4. The lowest BCUT2D eigenvalue weighted by Gasteiger charge is -2.31. The van der Waals surface area contributed by atoms with Gasteiger partial charge in [0.05, 0.1) is 12.6 Å². The maximum atomic E-state index is 12.1. The molecule has 0 spiro atoms. The number of ether oxygens (including phenoxy) is 1. The van der Waals surface area contributed by atoms with Gasteiger partial charge in [0.25, 0.3) is 0 Å². The molecular weight excluding hydrogens is 315 g/mol. The molecule has 2 N–H and O–H groups in total. The smallest absolute Gasteiger partial charge is 0.406 e. The highest BCUT2D eigenvalue weighted by Crippen LogP contribution is 2.24. The third kappa shape index (κ3) is 5.13. The number of alkyl halides is 3. The van der Waals surface area contributed by atoms with Crippen molar-refractivity contribution in [2.75, 3.05) is 25.0 Å². The highest BCUT2D eigenvalue weighted by atomic mass is 19.4. The summed E-state index contributed by atoms with van der Waals surface area (Å²) >= 11 is 0.